The third kappa shape index (κ3) is 4.33. The van der Waals surface area contributed by atoms with Crippen LogP contribution in [-0.4, -0.2) is 22.9 Å². The second kappa shape index (κ2) is 7.42. The molecule has 0 saturated carbocycles. The summed E-state index contributed by atoms with van der Waals surface area (Å²) in [5.74, 6) is 0. The van der Waals surface area contributed by atoms with E-state index < -0.39 is 0 Å². The van der Waals surface area contributed by atoms with Crippen molar-refractivity contribution in [3.8, 4) is 0 Å². The third-order valence-corrected chi connectivity index (χ3v) is 3.07. The van der Waals surface area contributed by atoms with Crippen LogP contribution in [0.1, 0.15) is 38.7 Å². The maximum absolute atomic E-state index is 9.02. The summed E-state index contributed by atoms with van der Waals surface area (Å²) >= 11 is 0. The molecule has 1 aliphatic heterocycles. The number of nitrogens with zero attached hydrogens (tertiary/aromatic N) is 1. The summed E-state index contributed by atoms with van der Waals surface area (Å²) in [7, 11) is 0. The fraction of sp³-hybridized carbons (Fsp3) is 0.571. The fourth-order valence-electron chi connectivity index (χ4n) is 1.95. The summed E-state index contributed by atoms with van der Waals surface area (Å²) in [6.07, 6.45) is 4.55. The quantitative estimate of drug-likeness (QED) is 0.826. The van der Waals surface area contributed by atoms with Gasteiger partial charge in [-0.15, -0.1) is 0 Å². The summed E-state index contributed by atoms with van der Waals surface area (Å²) in [6.45, 7) is 5.15. The lowest BCUT2D eigenvalue weighted by Gasteiger charge is -2.13. The fourth-order valence-corrected chi connectivity index (χ4v) is 1.95. The van der Waals surface area contributed by atoms with Gasteiger partial charge in [0.05, 0.1) is 0 Å². The Kier molecular flexibility index (Phi) is 6.12. The highest BCUT2D eigenvalue weighted by Crippen LogP contribution is 2.16. The lowest BCUT2D eigenvalue weighted by atomic mass is 10.2. The van der Waals surface area contributed by atoms with Gasteiger partial charge in [-0.1, -0.05) is 44.2 Å². The molecule has 1 fully saturated rings. The molecular weight excluding hydrogens is 198 g/mol. The maximum Gasteiger partial charge on any atom is 0.0348 e. The molecule has 2 rings (SSSR count). The van der Waals surface area contributed by atoms with Gasteiger partial charge in [0.2, 0.25) is 0 Å². The Morgan fingerprint density at radius 3 is 2.25 bits per heavy atom. The van der Waals surface area contributed by atoms with Gasteiger partial charge in [0.25, 0.3) is 0 Å². The highest BCUT2D eigenvalue weighted by Gasteiger charge is 2.19. The normalized spacial score (nSPS) is 20.3. The van der Waals surface area contributed by atoms with E-state index in [9.17, 15) is 0 Å². The lowest BCUT2D eigenvalue weighted by Crippen LogP contribution is -2.24. The molecule has 1 saturated heterocycles. The average molecular weight is 221 g/mol. The Hall–Kier alpha value is -0.860. The van der Waals surface area contributed by atoms with Crippen LogP contribution >= 0.6 is 0 Å². The zero-order chi connectivity index (χ0) is 11.8. The largest absolute Gasteiger partial charge is 0.314 e. The van der Waals surface area contributed by atoms with Crippen molar-refractivity contribution in [3.05, 3.63) is 35.9 Å². The number of rotatable bonds is 2. The van der Waals surface area contributed by atoms with E-state index in [0.717, 1.165) is 25.8 Å². The summed E-state index contributed by atoms with van der Waals surface area (Å²) in [6, 6.07) is 10.9. The van der Waals surface area contributed by atoms with E-state index in [-0.39, 0.29) is 0 Å². The zero-order valence-corrected chi connectivity index (χ0v) is 10.4. The number of hydrogen-bond acceptors (Lipinski definition) is 2. The van der Waals surface area contributed by atoms with Crippen molar-refractivity contribution in [2.45, 2.75) is 45.6 Å². The van der Waals surface area contributed by atoms with Gasteiger partial charge < -0.3 is 5.21 Å². The van der Waals surface area contributed by atoms with Gasteiger partial charge in [0, 0.05) is 12.6 Å². The summed E-state index contributed by atoms with van der Waals surface area (Å²) in [5.41, 5.74) is 1.41. The predicted molar refractivity (Wildman–Crippen MR) is 67.6 cm³/mol. The number of hydrogen-bond donors (Lipinski definition) is 1. The zero-order valence-electron chi connectivity index (χ0n) is 10.4. The first-order valence-electron chi connectivity index (χ1n) is 6.27. The van der Waals surface area contributed by atoms with Gasteiger partial charge in [-0.2, -0.15) is 5.06 Å². The highest BCUT2D eigenvalue weighted by molar-refractivity contribution is 5.13. The van der Waals surface area contributed by atoms with Crippen LogP contribution in [0.3, 0.4) is 0 Å². The lowest BCUT2D eigenvalue weighted by molar-refractivity contribution is -0.103. The van der Waals surface area contributed by atoms with Crippen molar-refractivity contribution < 1.29 is 5.21 Å². The highest BCUT2D eigenvalue weighted by atomic mass is 16.5. The number of benzene rings is 1. The standard InChI is InChI=1S/C8H10.C6H13NO/c1-2-8-6-4-3-5-7-8;1-2-6-4-3-5-7(6)8/h3-7H,2H2,1H3;6,8H,2-5H2,1H3. The van der Waals surface area contributed by atoms with Gasteiger partial charge in [-0.05, 0) is 31.2 Å². The van der Waals surface area contributed by atoms with Gasteiger partial charge in [-0.25, -0.2) is 0 Å². The predicted octanol–water partition coefficient (Wildman–Crippen LogP) is 3.50. The van der Waals surface area contributed by atoms with Crippen LogP contribution < -0.4 is 0 Å². The molecule has 1 aromatic carbocycles. The SMILES string of the molecule is CCC1CCCN1O.CCc1ccccc1. The second-order valence-electron chi connectivity index (χ2n) is 4.21. The van der Waals surface area contributed by atoms with E-state index in [1.165, 1.54) is 17.0 Å². The minimum Gasteiger partial charge on any atom is -0.314 e. The Balaban J connectivity index is 0.000000160. The van der Waals surface area contributed by atoms with Gasteiger partial charge >= 0.3 is 0 Å². The second-order valence-corrected chi connectivity index (χ2v) is 4.21. The van der Waals surface area contributed by atoms with Crippen LogP contribution in [-0.2, 0) is 6.42 Å². The van der Waals surface area contributed by atoms with Crippen molar-refractivity contribution in [1.29, 1.82) is 0 Å². The van der Waals surface area contributed by atoms with Crippen LogP contribution in [0.2, 0.25) is 0 Å². The van der Waals surface area contributed by atoms with Crippen LogP contribution in [0.5, 0.6) is 0 Å². The van der Waals surface area contributed by atoms with Crippen LogP contribution in [0.4, 0.5) is 0 Å². The molecule has 1 unspecified atom stereocenters. The molecule has 1 N–H and O–H groups in total. The first kappa shape index (κ1) is 13.2. The monoisotopic (exact) mass is 221 g/mol. The summed E-state index contributed by atoms with van der Waals surface area (Å²) in [4.78, 5) is 0. The van der Waals surface area contributed by atoms with Gasteiger partial charge in [-0.3, -0.25) is 0 Å². The number of aryl methyl sites for hydroxylation is 1. The van der Waals surface area contributed by atoms with Crippen molar-refractivity contribution in [2.75, 3.05) is 6.54 Å². The molecule has 0 spiro atoms. The molecule has 0 aromatic heterocycles. The minimum atomic E-state index is 0.454. The Labute approximate surface area is 98.9 Å². The Bertz CT molecular complexity index is 273. The molecule has 90 valence electrons. The van der Waals surface area contributed by atoms with E-state index in [0.29, 0.717) is 6.04 Å². The minimum absolute atomic E-state index is 0.454. The Morgan fingerprint density at radius 2 is 1.94 bits per heavy atom. The topological polar surface area (TPSA) is 23.5 Å². The molecule has 1 heterocycles. The molecule has 0 amide bonds. The van der Waals surface area contributed by atoms with E-state index in [1.807, 2.05) is 6.07 Å². The molecule has 2 nitrogen and oxygen atoms in total. The van der Waals surface area contributed by atoms with Crippen LogP contribution in [0, 0.1) is 0 Å². The van der Waals surface area contributed by atoms with Crippen LogP contribution in [0.25, 0.3) is 0 Å². The van der Waals surface area contributed by atoms with Crippen molar-refractivity contribution >= 4 is 0 Å². The molecule has 1 aromatic rings. The van der Waals surface area contributed by atoms with Crippen LogP contribution in [0.15, 0.2) is 30.3 Å². The van der Waals surface area contributed by atoms with Gasteiger partial charge in [0.1, 0.15) is 0 Å². The van der Waals surface area contributed by atoms with Crippen molar-refractivity contribution in [2.24, 2.45) is 0 Å². The summed E-state index contributed by atoms with van der Waals surface area (Å²) in [5, 5.41) is 10.5. The third-order valence-electron chi connectivity index (χ3n) is 3.07. The smallest absolute Gasteiger partial charge is 0.0348 e. The molecule has 0 bridgehead atoms. The van der Waals surface area contributed by atoms with E-state index in [4.69, 9.17) is 5.21 Å². The maximum atomic E-state index is 9.02. The first-order chi connectivity index (χ1) is 7.77. The molecule has 1 aliphatic rings. The van der Waals surface area contributed by atoms with E-state index in [2.05, 4.69) is 38.1 Å². The van der Waals surface area contributed by atoms with E-state index >= 15 is 0 Å². The van der Waals surface area contributed by atoms with Crippen molar-refractivity contribution in [3.63, 3.8) is 0 Å². The molecule has 1 atom stereocenters. The average Bonchev–Trinajstić information content (AvgIpc) is 2.76. The molecule has 16 heavy (non-hydrogen) atoms. The van der Waals surface area contributed by atoms with Crippen molar-refractivity contribution in [1.82, 2.24) is 5.06 Å². The summed E-state index contributed by atoms with van der Waals surface area (Å²) < 4.78 is 0. The van der Waals surface area contributed by atoms with Gasteiger partial charge in [0.15, 0.2) is 0 Å². The number of hydroxylamine groups is 2. The molecule has 2 heteroatoms. The first-order valence-corrected chi connectivity index (χ1v) is 6.27. The van der Waals surface area contributed by atoms with E-state index in [1.54, 1.807) is 0 Å². The molecule has 0 radical (unpaired) electrons. The molecular formula is C14H23NO. The molecule has 0 aliphatic carbocycles. The Morgan fingerprint density at radius 1 is 1.25 bits per heavy atom.